The second-order valence-electron chi connectivity index (χ2n) is 13.2. The summed E-state index contributed by atoms with van der Waals surface area (Å²) < 4.78 is 15.4. The summed E-state index contributed by atoms with van der Waals surface area (Å²) in [5, 5.41) is 20.5. The molecule has 0 aliphatic carbocycles. The van der Waals surface area contributed by atoms with Gasteiger partial charge in [-0.05, 0) is 106 Å². The van der Waals surface area contributed by atoms with Crippen LogP contribution in [0.5, 0.6) is 0 Å². The van der Waals surface area contributed by atoms with Gasteiger partial charge in [-0.1, -0.05) is 61.6 Å². The number of nitrogens with one attached hydrogen (secondary N) is 1. The van der Waals surface area contributed by atoms with Gasteiger partial charge in [0.1, 0.15) is 0 Å². The summed E-state index contributed by atoms with van der Waals surface area (Å²) in [7, 11) is 0.868. The Balaban J connectivity index is -0.000000826. The van der Waals surface area contributed by atoms with Crippen LogP contribution in [0.4, 0.5) is 0 Å². The number of methoxy groups -OCH3 is 2. The fraction of sp³-hybridized carbons (Fsp3) is 0.600. The first-order valence-electron chi connectivity index (χ1n) is 17.4. The van der Waals surface area contributed by atoms with Gasteiger partial charge in [-0.2, -0.15) is 0 Å². The number of amides is 1. The molecule has 1 amide bonds. The van der Waals surface area contributed by atoms with E-state index in [0.717, 1.165) is 51.8 Å². The van der Waals surface area contributed by atoms with E-state index < -0.39 is 26.2 Å². The SMILES string of the molecule is C.C.CCCN(CCCCO[Si](C)(C)C(C)(C)C)C(=O)c1cccc(C(=O)OC)c1.CCCNCCCCO.COC(=O)c1cccc(C(=O)O)c1. The van der Waals surface area contributed by atoms with E-state index in [9.17, 15) is 19.2 Å². The highest BCUT2D eigenvalue weighted by molar-refractivity contribution is 6.74. The van der Waals surface area contributed by atoms with Crippen LogP contribution in [0.3, 0.4) is 0 Å². The van der Waals surface area contributed by atoms with Gasteiger partial charge in [0.25, 0.3) is 5.91 Å². The van der Waals surface area contributed by atoms with Crippen LogP contribution in [0.25, 0.3) is 0 Å². The van der Waals surface area contributed by atoms with Crippen LogP contribution in [0.1, 0.15) is 129 Å². The molecule has 0 saturated carbocycles. The van der Waals surface area contributed by atoms with Crippen LogP contribution in [-0.2, 0) is 13.9 Å². The predicted octanol–water partition coefficient (Wildman–Crippen LogP) is 8.33. The van der Waals surface area contributed by atoms with Crippen molar-refractivity contribution >= 4 is 32.1 Å². The minimum atomic E-state index is -1.72. The molecule has 0 atom stereocenters. The lowest BCUT2D eigenvalue weighted by Gasteiger charge is -2.36. The molecule has 0 fully saturated rings. The number of esters is 2. The summed E-state index contributed by atoms with van der Waals surface area (Å²) in [5.41, 5.74) is 1.23. The zero-order chi connectivity index (χ0) is 38.2. The van der Waals surface area contributed by atoms with E-state index in [1.807, 2.05) is 4.90 Å². The van der Waals surface area contributed by atoms with Crippen molar-refractivity contribution in [1.29, 1.82) is 0 Å². The molecular formula is C40H70N2O9Si. The fourth-order valence-electron chi connectivity index (χ4n) is 4.17. The van der Waals surface area contributed by atoms with Gasteiger partial charge in [0.05, 0.1) is 30.9 Å². The number of carboxylic acids is 1. The summed E-state index contributed by atoms with van der Waals surface area (Å²) >= 11 is 0. The third-order valence-electron chi connectivity index (χ3n) is 8.12. The summed E-state index contributed by atoms with van der Waals surface area (Å²) in [6.45, 7) is 20.1. The van der Waals surface area contributed by atoms with E-state index in [-0.39, 0.29) is 36.9 Å². The van der Waals surface area contributed by atoms with Crippen molar-refractivity contribution < 1.29 is 43.3 Å². The Kier molecular flexibility index (Phi) is 29.4. The van der Waals surface area contributed by atoms with Crippen molar-refractivity contribution in [3.05, 3.63) is 70.8 Å². The molecule has 12 heteroatoms. The Labute approximate surface area is 315 Å². The van der Waals surface area contributed by atoms with Crippen molar-refractivity contribution in [2.24, 2.45) is 0 Å². The third kappa shape index (κ3) is 21.1. The lowest BCUT2D eigenvalue weighted by Crippen LogP contribution is -2.41. The van der Waals surface area contributed by atoms with Gasteiger partial charge < -0.3 is 34.3 Å². The van der Waals surface area contributed by atoms with Crippen LogP contribution in [0.2, 0.25) is 18.1 Å². The Morgan fingerprint density at radius 3 is 1.73 bits per heavy atom. The van der Waals surface area contributed by atoms with Crippen molar-refractivity contribution in [1.82, 2.24) is 10.2 Å². The van der Waals surface area contributed by atoms with E-state index in [1.54, 1.807) is 24.3 Å². The number of carboxylic acid groups (broad SMARTS) is 1. The first-order chi connectivity index (χ1) is 23.6. The van der Waals surface area contributed by atoms with Crippen LogP contribution < -0.4 is 5.32 Å². The number of hydrogen-bond donors (Lipinski definition) is 3. The van der Waals surface area contributed by atoms with Crippen LogP contribution in [0.15, 0.2) is 48.5 Å². The third-order valence-corrected chi connectivity index (χ3v) is 12.7. The number of hydrogen-bond acceptors (Lipinski definition) is 9. The first-order valence-corrected chi connectivity index (χ1v) is 20.4. The molecule has 52 heavy (non-hydrogen) atoms. The van der Waals surface area contributed by atoms with Crippen LogP contribution >= 0.6 is 0 Å². The molecule has 3 N–H and O–H groups in total. The molecule has 0 aliphatic rings. The molecule has 0 bridgehead atoms. The zero-order valence-corrected chi connectivity index (χ0v) is 32.8. The minimum absolute atomic E-state index is 0. The van der Waals surface area contributed by atoms with Gasteiger partial charge in [-0.3, -0.25) is 4.79 Å². The number of benzene rings is 2. The Morgan fingerprint density at radius 1 is 0.750 bits per heavy atom. The summed E-state index contributed by atoms with van der Waals surface area (Å²) in [5.74, 6) is -2.08. The van der Waals surface area contributed by atoms with Gasteiger partial charge in [0, 0.05) is 31.9 Å². The second kappa shape index (κ2) is 28.9. The molecule has 298 valence electrons. The maximum atomic E-state index is 12.9. The van der Waals surface area contributed by atoms with E-state index in [2.05, 4.69) is 57.8 Å². The molecule has 0 aliphatic heterocycles. The minimum Gasteiger partial charge on any atom is -0.478 e. The van der Waals surface area contributed by atoms with Crippen molar-refractivity contribution in [3.63, 3.8) is 0 Å². The normalized spacial score (nSPS) is 10.5. The number of nitrogens with zero attached hydrogens (tertiary/aromatic N) is 1. The molecule has 2 aromatic rings. The number of aliphatic hydroxyl groups is 1. The molecule has 2 rings (SSSR count). The fourth-order valence-corrected chi connectivity index (χ4v) is 5.26. The Morgan fingerprint density at radius 2 is 1.27 bits per heavy atom. The van der Waals surface area contributed by atoms with Gasteiger partial charge >= 0.3 is 17.9 Å². The highest BCUT2D eigenvalue weighted by Crippen LogP contribution is 2.36. The molecule has 0 spiro atoms. The maximum absolute atomic E-state index is 12.9. The lowest BCUT2D eigenvalue weighted by atomic mass is 10.1. The highest BCUT2D eigenvalue weighted by atomic mass is 28.4. The molecule has 0 unspecified atom stereocenters. The number of aromatic carboxylic acids is 1. The van der Waals surface area contributed by atoms with Gasteiger partial charge in [-0.25, -0.2) is 14.4 Å². The number of rotatable bonds is 18. The lowest BCUT2D eigenvalue weighted by molar-refractivity contribution is 0.0591. The number of unbranched alkanes of at least 4 members (excludes halogenated alkanes) is 2. The van der Waals surface area contributed by atoms with E-state index in [4.69, 9.17) is 19.4 Å². The molecular weight excluding hydrogens is 681 g/mol. The molecule has 11 nitrogen and oxygen atoms in total. The predicted molar refractivity (Wildman–Crippen MR) is 214 cm³/mol. The first kappa shape index (κ1) is 52.8. The van der Waals surface area contributed by atoms with Crippen molar-refractivity contribution in [2.45, 2.75) is 106 Å². The van der Waals surface area contributed by atoms with E-state index in [1.165, 1.54) is 44.9 Å². The zero-order valence-electron chi connectivity index (χ0n) is 31.8. The summed E-state index contributed by atoms with van der Waals surface area (Å²) in [6.07, 6.45) is 5.94. The van der Waals surface area contributed by atoms with Gasteiger partial charge in [0.15, 0.2) is 8.32 Å². The standard InChI is InChI=1S/C22H37NO4Si.C9H8O4.C7H17NO.2CH4/c1-8-14-23(15-9-10-16-27-28(6,7)22(2,3)4)20(24)18-12-11-13-19(17-18)21(25)26-5;1-13-9(12)7-4-2-3-6(5-7)8(10)11;1-2-5-8-6-3-4-7-9;;/h11-13,17H,8-10,14-16H2,1-7H3;2-5H,1H3,(H,10,11);8-9H,2-7H2,1H3;2*1H4. The molecule has 0 saturated heterocycles. The Bertz CT molecular complexity index is 1290. The number of carbonyl (C=O) groups excluding carboxylic acids is 3. The second-order valence-corrected chi connectivity index (χ2v) is 18.0. The topological polar surface area (TPSA) is 152 Å². The highest BCUT2D eigenvalue weighted by Gasteiger charge is 2.36. The summed E-state index contributed by atoms with van der Waals surface area (Å²) in [4.78, 5) is 48.0. The average molecular weight is 751 g/mol. The summed E-state index contributed by atoms with van der Waals surface area (Å²) in [6, 6.07) is 12.4. The molecule has 0 radical (unpaired) electrons. The number of aliphatic hydroxyl groups excluding tert-OH is 1. The molecule has 0 aromatic heterocycles. The number of carbonyl (C=O) groups is 4. The van der Waals surface area contributed by atoms with E-state index in [0.29, 0.717) is 30.8 Å². The largest absolute Gasteiger partial charge is 0.478 e. The maximum Gasteiger partial charge on any atom is 0.337 e. The van der Waals surface area contributed by atoms with Crippen molar-refractivity contribution in [2.75, 3.05) is 53.6 Å². The van der Waals surface area contributed by atoms with Crippen LogP contribution in [0, 0.1) is 0 Å². The monoisotopic (exact) mass is 750 g/mol. The van der Waals surface area contributed by atoms with Gasteiger partial charge in [-0.15, -0.1) is 0 Å². The van der Waals surface area contributed by atoms with E-state index >= 15 is 0 Å². The van der Waals surface area contributed by atoms with Gasteiger partial charge in [0.2, 0.25) is 0 Å². The smallest absolute Gasteiger partial charge is 0.337 e. The van der Waals surface area contributed by atoms with Crippen LogP contribution in [-0.4, -0.2) is 101 Å². The molecule has 0 heterocycles. The van der Waals surface area contributed by atoms with Crippen molar-refractivity contribution in [3.8, 4) is 0 Å². The average Bonchev–Trinajstić information content (AvgIpc) is 3.10. The Hall–Kier alpha value is -3.58. The molecule has 2 aromatic carbocycles. The number of ether oxygens (including phenoxy) is 2. The quantitative estimate of drug-likeness (QED) is 0.0771.